The van der Waals surface area contributed by atoms with E-state index in [0.717, 1.165) is 29.6 Å². The second-order valence-corrected chi connectivity index (χ2v) is 7.38. The number of benzene rings is 2. The molecular formula is C24H27N3O2. The fourth-order valence-electron chi connectivity index (χ4n) is 2.97. The average Bonchev–Trinajstić information content (AvgIpc) is 2.71. The van der Waals surface area contributed by atoms with Crippen LogP contribution in [0.4, 0.5) is 0 Å². The number of para-hydroxylation sites is 2. The summed E-state index contributed by atoms with van der Waals surface area (Å²) in [5, 5.41) is 3.00. The molecule has 1 amide bonds. The monoisotopic (exact) mass is 389 g/mol. The van der Waals surface area contributed by atoms with Crippen molar-refractivity contribution in [3.8, 4) is 5.75 Å². The number of aromatic nitrogens is 2. The molecule has 0 bridgehead atoms. The van der Waals surface area contributed by atoms with Gasteiger partial charge >= 0.3 is 0 Å². The number of ether oxygens (including phenoxy) is 1. The van der Waals surface area contributed by atoms with Gasteiger partial charge < -0.3 is 10.1 Å². The molecule has 0 saturated heterocycles. The van der Waals surface area contributed by atoms with Crippen molar-refractivity contribution in [2.24, 2.45) is 0 Å². The average molecular weight is 389 g/mol. The number of carbonyl (C=O) groups excluding carboxylic acids is 1. The molecule has 0 spiro atoms. The second-order valence-electron chi connectivity index (χ2n) is 7.38. The lowest BCUT2D eigenvalue weighted by Gasteiger charge is -2.13. The van der Waals surface area contributed by atoms with E-state index in [0.29, 0.717) is 5.69 Å². The zero-order chi connectivity index (χ0) is 20.6. The third-order valence-electron chi connectivity index (χ3n) is 4.42. The van der Waals surface area contributed by atoms with E-state index in [1.807, 2.05) is 57.2 Å². The van der Waals surface area contributed by atoms with Crippen LogP contribution in [0.15, 0.2) is 60.8 Å². The Morgan fingerprint density at radius 3 is 2.52 bits per heavy atom. The summed E-state index contributed by atoms with van der Waals surface area (Å²) in [7, 11) is 0. The van der Waals surface area contributed by atoms with Crippen LogP contribution in [-0.2, 0) is 11.2 Å². The number of fused-ring (bicyclic) bond motifs is 1. The number of aryl methyl sites for hydroxylation is 1. The molecule has 3 rings (SSSR count). The van der Waals surface area contributed by atoms with Gasteiger partial charge in [-0.1, -0.05) is 24.3 Å². The molecule has 2 aromatic carbocycles. The normalized spacial score (nSPS) is 12.4. The Balaban J connectivity index is 1.47. The van der Waals surface area contributed by atoms with Gasteiger partial charge in [0.2, 0.25) is 5.91 Å². The number of nitrogens with zero attached hydrogens (tertiary/aromatic N) is 2. The predicted octanol–water partition coefficient (Wildman–Crippen LogP) is 4.57. The van der Waals surface area contributed by atoms with E-state index >= 15 is 0 Å². The van der Waals surface area contributed by atoms with E-state index in [2.05, 4.69) is 27.4 Å². The molecule has 1 unspecified atom stereocenters. The zero-order valence-electron chi connectivity index (χ0n) is 17.1. The van der Waals surface area contributed by atoms with Crippen LogP contribution in [0.25, 0.3) is 17.1 Å². The number of hydrogen-bond donors (Lipinski definition) is 1. The van der Waals surface area contributed by atoms with Crippen molar-refractivity contribution >= 4 is 23.0 Å². The first-order valence-electron chi connectivity index (χ1n) is 9.95. The van der Waals surface area contributed by atoms with Gasteiger partial charge in [0.05, 0.1) is 29.0 Å². The fraction of sp³-hybridized carbons (Fsp3) is 0.292. The van der Waals surface area contributed by atoms with Crippen molar-refractivity contribution in [3.63, 3.8) is 0 Å². The van der Waals surface area contributed by atoms with Crippen LogP contribution in [0.1, 0.15) is 38.4 Å². The molecule has 1 N–H and O–H groups in total. The minimum Gasteiger partial charge on any atom is -0.491 e. The molecule has 1 aromatic heterocycles. The van der Waals surface area contributed by atoms with Crippen molar-refractivity contribution in [1.29, 1.82) is 0 Å². The number of amides is 1. The first kappa shape index (κ1) is 20.5. The molecule has 0 aliphatic rings. The van der Waals surface area contributed by atoms with E-state index in [1.54, 1.807) is 12.3 Å². The molecule has 5 heteroatoms. The molecule has 0 fully saturated rings. The van der Waals surface area contributed by atoms with Gasteiger partial charge in [0.25, 0.3) is 0 Å². The summed E-state index contributed by atoms with van der Waals surface area (Å²) in [6.45, 7) is 6.04. The van der Waals surface area contributed by atoms with Gasteiger partial charge in [-0.25, -0.2) is 4.98 Å². The third kappa shape index (κ3) is 6.42. The maximum absolute atomic E-state index is 12.2. The SMILES string of the molecule is CC(CCc1ccc(OC(C)C)cc1)NC(=O)C=Cc1cnc2ccccc2n1. The Labute approximate surface area is 171 Å². The molecule has 3 aromatic rings. The minimum absolute atomic E-state index is 0.0708. The standard InChI is InChI=1S/C24H27N3O2/c1-17(2)29-21-13-10-19(11-14-21)9-8-18(3)26-24(28)15-12-20-16-25-22-6-4-5-7-23(22)27-20/h4-7,10-18H,8-9H2,1-3H3,(H,26,28). The number of rotatable bonds is 8. The molecule has 0 aliphatic heterocycles. The van der Waals surface area contributed by atoms with Gasteiger partial charge in [-0.15, -0.1) is 0 Å². The van der Waals surface area contributed by atoms with Crippen molar-refractivity contribution in [3.05, 3.63) is 72.1 Å². The maximum atomic E-state index is 12.2. The highest BCUT2D eigenvalue weighted by Gasteiger charge is 2.06. The Bertz CT molecular complexity index is 981. The minimum atomic E-state index is -0.131. The molecular weight excluding hydrogens is 362 g/mol. The smallest absolute Gasteiger partial charge is 0.244 e. The van der Waals surface area contributed by atoms with E-state index in [4.69, 9.17) is 4.74 Å². The van der Waals surface area contributed by atoms with Crippen molar-refractivity contribution in [1.82, 2.24) is 15.3 Å². The van der Waals surface area contributed by atoms with Crippen LogP contribution in [-0.4, -0.2) is 28.0 Å². The van der Waals surface area contributed by atoms with Gasteiger partial charge in [0.1, 0.15) is 5.75 Å². The van der Waals surface area contributed by atoms with Crippen LogP contribution >= 0.6 is 0 Å². The van der Waals surface area contributed by atoms with Crippen LogP contribution in [0.5, 0.6) is 5.75 Å². The van der Waals surface area contributed by atoms with Gasteiger partial charge in [0, 0.05) is 12.1 Å². The Morgan fingerprint density at radius 1 is 1.07 bits per heavy atom. The van der Waals surface area contributed by atoms with Crippen LogP contribution in [0.2, 0.25) is 0 Å². The molecule has 1 atom stereocenters. The lowest BCUT2D eigenvalue weighted by atomic mass is 10.1. The highest BCUT2D eigenvalue weighted by Crippen LogP contribution is 2.15. The quantitative estimate of drug-likeness (QED) is 0.573. The lowest BCUT2D eigenvalue weighted by molar-refractivity contribution is -0.117. The van der Waals surface area contributed by atoms with Crippen LogP contribution in [0, 0.1) is 0 Å². The molecule has 0 saturated carbocycles. The highest BCUT2D eigenvalue weighted by atomic mass is 16.5. The predicted molar refractivity (Wildman–Crippen MR) is 117 cm³/mol. The fourth-order valence-corrected chi connectivity index (χ4v) is 2.97. The highest BCUT2D eigenvalue weighted by molar-refractivity contribution is 5.91. The van der Waals surface area contributed by atoms with E-state index < -0.39 is 0 Å². The summed E-state index contributed by atoms with van der Waals surface area (Å²) in [6, 6.07) is 15.9. The van der Waals surface area contributed by atoms with Crippen molar-refractivity contribution < 1.29 is 9.53 Å². The number of hydrogen-bond acceptors (Lipinski definition) is 4. The van der Waals surface area contributed by atoms with Crippen LogP contribution < -0.4 is 10.1 Å². The molecule has 1 heterocycles. The lowest BCUT2D eigenvalue weighted by Crippen LogP contribution is -2.31. The van der Waals surface area contributed by atoms with E-state index in [-0.39, 0.29) is 18.1 Å². The van der Waals surface area contributed by atoms with Gasteiger partial charge in [-0.3, -0.25) is 9.78 Å². The summed E-state index contributed by atoms with van der Waals surface area (Å²) in [4.78, 5) is 21.0. The molecule has 29 heavy (non-hydrogen) atoms. The first-order chi connectivity index (χ1) is 14.0. The molecule has 5 nitrogen and oxygen atoms in total. The van der Waals surface area contributed by atoms with Crippen molar-refractivity contribution in [2.75, 3.05) is 0 Å². The summed E-state index contributed by atoms with van der Waals surface area (Å²) < 4.78 is 5.66. The Morgan fingerprint density at radius 2 is 1.79 bits per heavy atom. The van der Waals surface area contributed by atoms with Crippen molar-refractivity contribution in [2.45, 2.75) is 45.8 Å². The maximum Gasteiger partial charge on any atom is 0.244 e. The Hall–Kier alpha value is -3.21. The van der Waals surface area contributed by atoms with Crippen LogP contribution in [0.3, 0.4) is 0 Å². The van der Waals surface area contributed by atoms with E-state index in [9.17, 15) is 4.79 Å². The number of nitrogens with one attached hydrogen (secondary N) is 1. The van der Waals surface area contributed by atoms with Gasteiger partial charge in [0.15, 0.2) is 0 Å². The summed E-state index contributed by atoms with van der Waals surface area (Å²) in [6.07, 6.45) is 6.79. The topological polar surface area (TPSA) is 64.1 Å². The van der Waals surface area contributed by atoms with Gasteiger partial charge in [-0.2, -0.15) is 0 Å². The van der Waals surface area contributed by atoms with Gasteiger partial charge in [-0.05, 0) is 69.5 Å². The zero-order valence-corrected chi connectivity index (χ0v) is 17.1. The first-order valence-corrected chi connectivity index (χ1v) is 9.95. The molecule has 0 radical (unpaired) electrons. The largest absolute Gasteiger partial charge is 0.491 e. The Kier molecular flexibility index (Phi) is 6.95. The second kappa shape index (κ2) is 9.82. The van der Waals surface area contributed by atoms with E-state index in [1.165, 1.54) is 11.6 Å². The molecule has 150 valence electrons. The number of carbonyl (C=O) groups is 1. The summed E-state index contributed by atoms with van der Waals surface area (Å²) in [5.74, 6) is 0.750. The summed E-state index contributed by atoms with van der Waals surface area (Å²) in [5.41, 5.74) is 3.54. The summed E-state index contributed by atoms with van der Waals surface area (Å²) >= 11 is 0. The third-order valence-corrected chi connectivity index (χ3v) is 4.42. The molecule has 0 aliphatic carbocycles.